The van der Waals surface area contributed by atoms with Crippen molar-refractivity contribution >= 4 is 11.4 Å². The molecule has 0 bridgehead atoms. The van der Waals surface area contributed by atoms with E-state index < -0.39 is 11.7 Å². The van der Waals surface area contributed by atoms with Crippen LogP contribution >= 0.6 is 0 Å². The summed E-state index contributed by atoms with van der Waals surface area (Å²) in [5.74, 6) is 0. The van der Waals surface area contributed by atoms with E-state index in [1.807, 2.05) is 19.0 Å². The minimum atomic E-state index is -4.40. The van der Waals surface area contributed by atoms with Crippen LogP contribution in [0.3, 0.4) is 0 Å². The van der Waals surface area contributed by atoms with Gasteiger partial charge in [-0.1, -0.05) is 0 Å². The van der Waals surface area contributed by atoms with E-state index in [2.05, 4.69) is 4.90 Å². The van der Waals surface area contributed by atoms with Gasteiger partial charge < -0.3 is 15.5 Å². The highest BCUT2D eigenvalue weighted by molar-refractivity contribution is 5.60. The minimum absolute atomic E-state index is 0.223. The van der Waals surface area contributed by atoms with Crippen LogP contribution in [0.5, 0.6) is 0 Å². The van der Waals surface area contributed by atoms with E-state index in [0.717, 1.165) is 25.6 Å². The molecule has 1 heterocycles. The molecule has 19 heavy (non-hydrogen) atoms. The second-order valence-electron chi connectivity index (χ2n) is 5.12. The highest BCUT2D eigenvalue weighted by atomic mass is 19.4. The van der Waals surface area contributed by atoms with Gasteiger partial charge in [-0.2, -0.15) is 13.2 Å². The first kappa shape index (κ1) is 14.0. The van der Waals surface area contributed by atoms with Crippen LogP contribution in [0.25, 0.3) is 0 Å². The molecule has 1 saturated heterocycles. The van der Waals surface area contributed by atoms with Crippen LogP contribution < -0.4 is 10.6 Å². The molecule has 1 aromatic carbocycles. The number of nitrogen functional groups attached to an aromatic ring is 1. The van der Waals surface area contributed by atoms with Gasteiger partial charge in [0.05, 0.1) is 5.56 Å². The normalized spacial score (nSPS) is 20.3. The van der Waals surface area contributed by atoms with Crippen molar-refractivity contribution in [2.24, 2.45) is 0 Å². The first-order chi connectivity index (χ1) is 8.79. The number of alkyl halides is 3. The van der Waals surface area contributed by atoms with E-state index in [1.165, 1.54) is 6.07 Å². The SMILES string of the molecule is CN(C)[C@H]1CCN(c2ccc(N)c(C(F)(F)F)c2)C1. The number of nitrogens with two attached hydrogens (primary N) is 1. The number of hydrogen-bond donors (Lipinski definition) is 1. The molecule has 2 rings (SSSR count). The number of hydrogen-bond acceptors (Lipinski definition) is 3. The van der Waals surface area contributed by atoms with Gasteiger partial charge >= 0.3 is 6.18 Å². The lowest BCUT2D eigenvalue weighted by Gasteiger charge is -2.23. The number of likely N-dealkylation sites (N-methyl/N-ethyl adjacent to an activating group) is 1. The summed E-state index contributed by atoms with van der Waals surface area (Å²) in [6, 6.07) is 4.52. The molecule has 0 aromatic heterocycles. The van der Waals surface area contributed by atoms with Crippen LogP contribution in [-0.2, 0) is 6.18 Å². The number of benzene rings is 1. The Kier molecular flexibility index (Phi) is 3.62. The van der Waals surface area contributed by atoms with Gasteiger partial charge in [-0.15, -0.1) is 0 Å². The standard InChI is InChI=1S/C13H18F3N3/c1-18(2)10-5-6-19(8-10)9-3-4-12(17)11(7-9)13(14,15)16/h3-4,7,10H,5-6,8,17H2,1-2H3/t10-/m0/s1. The van der Waals surface area contributed by atoms with Crippen LogP contribution in [0.15, 0.2) is 18.2 Å². The van der Waals surface area contributed by atoms with E-state index in [1.54, 1.807) is 6.07 Å². The van der Waals surface area contributed by atoms with Crippen molar-refractivity contribution in [2.45, 2.75) is 18.6 Å². The Balaban J connectivity index is 2.23. The molecular weight excluding hydrogens is 255 g/mol. The predicted molar refractivity (Wildman–Crippen MR) is 70.2 cm³/mol. The molecule has 1 fully saturated rings. The molecule has 106 valence electrons. The van der Waals surface area contributed by atoms with Gasteiger partial charge in [-0.25, -0.2) is 0 Å². The van der Waals surface area contributed by atoms with Crippen molar-refractivity contribution in [3.8, 4) is 0 Å². The van der Waals surface area contributed by atoms with E-state index >= 15 is 0 Å². The van der Waals surface area contributed by atoms with Crippen molar-refractivity contribution in [1.29, 1.82) is 0 Å². The molecule has 0 amide bonds. The number of rotatable bonds is 2. The second-order valence-corrected chi connectivity index (χ2v) is 5.12. The molecule has 6 heteroatoms. The Morgan fingerprint density at radius 3 is 2.53 bits per heavy atom. The van der Waals surface area contributed by atoms with Gasteiger partial charge in [0.1, 0.15) is 0 Å². The molecular formula is C13H18F3N3. The highest BCUT2D eigenvalue weighted by Gasteiger charge is 2.34. The van der Waals surface area contributed by atoms with Crippen molar-refractivity contribution in [1.82, 2.24) is 4.90 Å². The lowest BCUT2D eigenvalue weighted by molar-refractivity contribution is -0.136. The topological polar surface area (TPSA) is 32.5 Å². The van der Waals surface area contributed by atoms with Crippen molar-refractivity contribution in [3.63, 3.8) is 0 Å². The van der Waals surface area contributed by atoms with Crippen molar-refractivity contribution in [3.05, 3.63) is 23.8 Å². The lowest BCUT2D eigenvalue weighted by atomic mass is 10.1. The third-order valence-electron chi connectivity index (χ3n) is 3.60. The molecule has 3 nitrogen and oxygen atoms in total. The zero-order valence-corrected chi connectivity index (χ0v) is 11.0. The summed E-state index contributed by atoms with van der Waals surface area (Å²) < 4.78 is 38.4. The van der Waals surface area contributed by atoms with E-state index in [4.69, 9.17) is 5.73 Å². The Hall–Kier alpha value is -1.43. The average molecular weight is 273 g/mol. The first-order valence-corrected chi connectivity index (χ1v) is 6.17. The molecule has 0 spiro atoms. The smallest absolute Gasteiger partial charge is 0.398 e. The minimum Gasteiger partial charge on any atom is -0.398 e. The molecule has 1 atom stereocenters. The fourth-order valence-corrected chi connectivity index (χ4v) is 2.38. The Labute approximate surface area is 110 Å². The van der Waals surface area contributed by atoms with Crippen LogP contribution in [0.1, 0.15) is 12.0 Å². The Morgan fingerprint density at radius 1 is 1.32 bits per heavy atom. The van der Waals surface area contributed by atoms with Gasteiger partial charge in [0.15, 0.2) is 0 Å². The Morgan fingerprint density at radius 2 is 2.00 bits per heavy atom. The molecule has 2 N–H and O–H groups in total. The van der Waals surface area contributed by atoms with Gasteiger partial charge in [0.25, 0.3) is 0 Å². The fraction of sp³-hybridized carbons (Fsp3) is 0.538. The highest BCUT2D eigenvalue weighted by Crippen LogP contribution is 2.36. The summed E-state index contributed by atoms with van der Waals surface area (Å²) in [6.45, 7) is 1.51. The predicted octanol–water partition coefficient (Wildman–Crippen LogP) is 2.43. The summed E-state index contributed by atoms with van der Waals surface area (Å²) in [4.78, 5) is 4.07. The van der Waals surface area contributed by atoms with Crippen molar-refractivity contribution in [2.75, 3.05) is 37.8 Å². The third-order valence-corrected chi connectivity index (χ3v) is 3.60. The third kappa shape index (κ3) is 2.94. The summed E-state index contributed by atoms with van der Waals surface area (Å²) in [5.41, 5.74) is 5.02. The molecule has 0 aliphatic carbocycles. The maximum atomic E-state index is 12.8. The molecule has 0 radical (unpaired) electrons. The van der Waals surface area contributed by atoms with Gasteiger partial charge in [-0.3, -0.25) is 0 Å². The van der Waals surface area contributed by atoms with Gasteiger partial charge in [-0.05, 0) is 38.7 Å². The summed E-state index contributed by atoms with van der Waals surface area (Å²) in [5, 5.41) is 0. The van der Waals surface area contributed by atoms with Crippen LogP contribution in [0.2, 0.25) is 0 Å². The van der Waals surface area contributed by atoms with Gasteiger partial charge in [0, 0.05) is 30.5 Å². The molecule has 0 saturated carbocycles. The van der Waals surface area contributed by atoms with Crippen LogP contribution in [-0.4, -0.2) is 38.1 Å². The maximum absolute atomic E-state index is 12.8. The summed E-state index contributed by atoms with van der Waals surface area (Å²) in [7, 11) is 3.97. The quantitative estimate of drug-likeness (QED) is 0.840. The first-order valence-electron chi connectivity index (χ1n) is 6.17. The zero-order chi connectivity index (χ0) is 14.2. The monoisotopic (exact) mass is 273 g/mol. The number of anilines is 2. The van der Waals surface area contributed by atoms with Crippen molar-refractivity contribution < 1.29 is 13.2 Å². The molecule has 1 aliphatic heterocycles. The number of halogens is 3. The molecule has 1 aliphatic rings. The Bertz CT molecular complexity index is 457. The van der Waals surface area contributed by atoms with E-state index in [9.17, 15) is 13.2 Å². The van der Waals surface area contributed by atoms with E-state index in [0.29, 0.717) is 11.7 Å². The van der Waals surface area contributed by atoms with Gasteiger partial charge in [0.2, 0.25) is 0 Å². The second kappa shape index (κ2) is 4.92. The fourth-order valence-electron chi connectivity index (χ4n) is 2.38. The van der Waals surface area contributed by atoms with Crippen LogP contribution in [0, 0.1) is 0 Å². The molecule has 0 unspecified atom stereocenters. The number of nitrogens with zero attached hydrogens (tertiary/aromatic N) is 2. The van der Waals surface area contributed by atoms with E-state index in [-0.39, 0.29) is 5.69 Å². The van der Waals surface area contributed by atoms with Crippen LogP contribution in [0.4, 0.5) is 24.5 Å². The lowest BCUT2D eigenvalue weighted by Crippen LogP contribution is -2.31. The molecule has 1 aromatic rings. The summed E-state index contributed by atoms with van der Waals surface area (Å²) in [6.07, 6.45) is -3.44. The average Bonchev–Trinajstić information content (AvgIpc) is 2.77. The summed E-state index contributed by atoms with van der Waals surface area (Å²) >= 11 is 0. The maximum Gasteiger partial charge on any atom is 0.418 e. The largest absolute Gasteiger partial charge is 0.418 e. The zero-order valence-electron chi connectivity index (χ0n) is 11.0.